The van der Waals surface area contributed by atoms with Crippen LogP contribution < -0.4 is 0 Å². The second-order valence-corrected chi connectivity index (χ2v) is 20.9. The van der Waals surface area contributed by atoms with E-state index in [4.69, 9.17) is 14.2 Å². The predicted octanol–water partition coefficient (Wildman–Crippen LogP) is 22.0. The fourth-order valence-corrected chi connectivity index (χ4v) is 8.78. The molecule has 0 aromatic heterocycles. The van der Waals surface area contributed by atoms with Crippen molar-refractivity contribution in [2.24, 2.45) is 0 Å². The monoisotopic (exact) mass is 1070 g/mol. The average molecular weight is 1070 g/mol. The van der Waals surface area contributed by atoms with E-state index in [9.17, 15) is 14.4 Å². The van der Waals surface area contributed by atoms with E-state index in [1.54, 1.807) is 6.08 Å². The van der Waals surface area contributed by atoms with Crippen molar-refractivity contribution in [3.63, 3.8) is 0 Å². The Morgan fingerprint density at radius 1 is 0.286 bits per heavy atom. The molecular formula is C71H118O6. The van der Waals surface area contributed by atoms with E-state index in [1.165, 1.54) is 128 Å². The minimum Gasteiger partial charge on any atom is -0.462 e. The van der Waals surface area contributed by atoms with Crippen LogP contribution in [0.4, 0.5) is 0 Å². The first kappa shape index (κ1) is 72.8. The lowest BCUT2D eigenvalue weighted by Gasteiger charge is -2.18. The SMILES string of the molecule is CC/C=C\C/C=C\C/C=C\C/C=C\C/C=C\CCCCCCCC(=O)OC(COC(=O)C/C=C\C/C=C\C/C=C\C/C=C\C/C=C\CC)COC(=O)CCCCCCCCCCCCCCCCCCCCCCCCC. The van der Waals surface area contributed by atoms with E-state index < -0.39 is 12.1 Å². The maximum Gasteiger partial charge on any atom is 0.309 e. The summed E-state index contributed by atoms with van der Waals surface area (Å²) in [4.78, 5) is 38.3. The van der Waals surface area contributed by atoms with Gasteiger partial charge in [0.15, 0.2) is 6.10 Å². The lowest BCUT2D eigenvalue weighted by Crippen LogP contribution is -2.30. The number of esters is 3. The summed E-state index contributed by atoms with van der Waals surface area (Å²) in [6, 6.07) is 0. The second-order valence-electron chi connectivity index (χ2n) is 20.9. The summed E-state index contributed by atoms with van der Waals surface area (Å²) >= 11 is 0. The first-order valence-electron chi connectivity index (χ1n) is 32.0. The van der Waals surface area contributed by atoms with Crippen LogP contribution >= 0.6 is 0 Å². The van der Waals surface area contributed by atoms with Crippen molar-refractivity contribution in [3.05, 3.63) is 122 Å². The summed E-state index contributed by atoms with van der Waals surface area (Å²) in [5, 5.41) is 0. The highest BCUT2D eigenvalue weighted by atomic mass is 16.6. The zero-order valence-corrected chi connectivity index (χ0v) is 50.2. The number of allylic oxidation sites excluding steroid dienone is 19. The van der Waals surface area contributed by atoms with E-state index >= 15 is 0 Å². The molecule has 0 rings (SSSR count). The smallest absolute Gasteiger partial charge is 0.309 e. The number of ether oxygens (including phenoxy) is 3. The molecule has 0 amide bonds. The molecule has 6 nitrogen and oxygen atoms in total. The number of carbonyl (C=O) groups excluding carboxylic acids is 3. The molecule has 1 unspecified atom stereocenters. The Labute approximate surface area is 475 Å². The molecule has 0 saturated heterocycles. The Bertz CT molecular complexity index is 1600. The highest BCUT2D eigenvalue weighted by Crippen LogP contribution is 2.17. The number of rotatable bonds is 57. The molecule has 0 aliphatic rings. The third-order valence-electron chi connectivity index (χ3n) is 13.5. The Kier molecular flexibility index (Phi) is 60.8. The summed E-state index contributed by atoms with van der Waals surface area (Å²) in [7, 11) is 0. The van der Waals surface area contributed by atoms with Crippen LogP contribution in [-0.4, -0.2) is 37.2 Å². The van der Waals surface area contributed by atoms with Crippen molar-refractivity contribution >= 4 is 17.9 Å². The van der Waals surface area contributed by atoms with Gasteiger partial charge in [-0.1, -0.05) is 303 Å². The lowest BCUT2D eigenvalue weighted by molar-refractivity contribution is -0.166. The van der Waals surface area contributed by atoms with Gasteiger partial charge in [0.1, 0.15) is 13.2 Å². The summed E-state index contributed by atoms with van der Waals surface area (Å²) < 4.78 is 16.8. The summed E-state index contributed by atoms with van der Waals surface area (Å²) in [5.74, 6) is -1.06. The molecule has 0 aliphatic heterocycles. The van der Waals surface area contributed by atoms with Crippen LogP contribution in [0.5, 0.6) is 0 Å². The van der Waals surface area contributed by atoms with Crippen LogP contribution in [0.15, 0.2) is 122 Å². The standard InChI is InChI=1S/C71H118O6/c1-4-7-10-13-16-19-22-25-28-30-32-34-35-37-38-40-43-46-49-52-55-58-61-64-70(73)76-67-68(66-75-69(72)63-60-57-54-51-48-45-42-27-24-21-18-15-12-9-6-3)77-71(74)65-62-59-56-53-50-47-44-41-39-36-33-31-29-26-23-20-17-14-11-8-5-2/h8-9,11-12,17-18,20-21,26-27,29,33,36,41-42,44,48,51,57,60,68H,4-7,10,13-16,19,22-25,28,30-32,34-35,37-40,43,45-47,49-50,52-56,58-59,61-67H2,1-3H3/b11-8-,12-9-,20-17-,21-18-,29-26-,36-33-,42-27-,44-41-,51-48-,60-57-. The second kappa shape index (κ2) is 64.3. The van der Waals surface area contributed by atoms with Crippen molar-refractivity contribution in [1.82, 2.24) is 0 Å². The molecule has 0 heterocycles. The molecule has 0 spiro atoms. The highest BCUT2D eigenvalue weighted by Gasteiger charge is 2.19. The molecule has 0 aromatic rings. The molecule has 0 radical (unpaired) electrons. The fourth-order valence-electron chi connectivity index (χ4n) is 8.78. The maximum atomic E-state index is 12.9. The zero-order chi connectivity index (χ0) is 55.7. The van der Waals surface area contributed by atoms with Crippen LogP contribution in [-0.2, 0) is 28.6 Å². The number of hydrogen-bond acceptors (Lipinski definition) is 6. The normalized spacial score (nSPS) is 12.9. The van der Waals surface area contributed by atoms with Crippen molar-refractivity contribution in [3.8, 4) is 0 Å². The van der Waals surface area contributed by atoms with E-state index in [-0.39, 0.29) is 38.0 Å². The van der Waals surface area contributed by atoms with Crippen LogP contribution in [0.1, 0.15) is 290 Å². The quantitative estimate of drug-likeness (QED) is 0.0261. The van der Waals surface area contributed by atoms with E-state index in [0.717, 1.165) is 122 Å². The van der Waals surface area contributed by atoms with Gasteiger partial charge in [-0.05, 0) is 89.9 Å². The Morgan fingerprint density at radius 3 is 0.909 bits per heavy atom. The third-order valence-corrected chi connectivity index (χ3v) is 13.5. The van der Waals surface area contributed by atoms with Crippen molar-refractivity contribution in [2.75, 3.05) is 13.2 Å². The van der Waals surface area contributed by atoms with Gasteiger partial charge in [-0.3, -0.25) is 14.4 Å². The number of unbranched alkanes of at least 4 members (excludes halogenated alkanes) is 27. The van der Waals surface area contributed by atoms with Gasteiger partial charge in [-0.25, -0.2) is 0 Å². The molecule has 77 heavy (non-hydrogen) atoms. The van der Waals surface area contributed by atoms with E-state index in [0.29, 0.717) is 6.42 Å². The predicted molar refractivity (Wildman–Crippen MR) is 334 cm³/mol. The van der Waals surface area contributed by atoms with E-state index in [1.807, 2.05) is 6.08 Å². The Balaban J connectivity index is 4.45. The largest absolute Gasteiger partial charge is 0.462 e. The number of carbonyl (C=O) groups is 3. The van der Waals surface area contributed by atoms with Gasteiger partial charge in [0.05, 0.1) is 6.42 Å². The highest BCUT2D eigenvalue weighted by molar-refractivity contribution is 5.72. The van der Waals surface area contributed by atoms with Crippen molar-refractivity contribution < 1.29 is 28.6 Å². The maximum absolute atomic E-state index is 12.9. The van der Waals surface area contributed by atoms with Crippen molar-refractivity contribution in [1.29, 1.82) is 0 Å². The first-order chi connectivity index (χ1) is 38.0. The molecule has 0 aromatic carbocycles. The Morgan fingerprint density at radius 2 is 0.558 bits per heavy atom. The minimum absolute atomic E-state index is 0.116. The van der Waals surface area contributed by atoms with Crippen LogP contribution in [0, 0.1) is 0 Å². The molecule has 0 saturated carbocycles. The summed E-state index contributed by atoms with van der Waals surface area (Å²) in [6.45, 7) is 6.33. The van der Waals surface area contributed by atoms with E-state index in [2.05, 4.69) is 130 Å². The molecule has 6 heteroatoms. The van der Waals surface area contributed by atoms with Gasteiger partial charge in [0.25, 0.3) is 0 Å². The van der Waals surface area contributed by atoms with Crippen LogP contribution in [0.25, 0.3) is 0 Å². The van der Waals surface area contributed by atoms with Gasteiger partial charge in [0.2, 0.25) is 0 Å². The van der Waals surface area contributed by atoms with Crippen molar-refractivity contribution in [2.45, 2.75) is 297 Å². The van der Waals surface area contributed by atoms with Gasteiger partial charge in [-0.15, -0.1) is 0 Å². The minimum atomic E-state index is -0.832. The first-order valence-corrected chi connectivity index (χ1v) is 32.0. The lowest BCUT2D eigenvalue weighted by atomic mass is 10.0. The average Bonchev–Trinajstić information content (AvgIpc) is 3.43. The fraction of sp³-hybridized carbons (Fsp3) is 0.676. The molecule has 438 valence electrons. The molecule has 0 bridgehead atoms. The van der Waals surface area contributed by atoms with Gasteiger partial charge >= 0.3 is 17.9 Å². The molecule has 0 aliphatic carbocycles. The summed E-state index contributed by atoms with van der Waals surface area (Å²) in [6.07, 6.45) is 89.5. The van der Waals surface area contributed by atoms with Gasteiger partial charge in [-0.2, -0.15) is 0 Å². The molecular weight excluding hydrogens is 949 g/mol. The zero-order valence-electron chi connectivity index (χ0n) is 50.2. The van der Waals surface area contributed by atoms with Gasteiger partial charge < -0.3 is 14.2 Å². The summed E-state index contributed by atoms with van der Waals surface area (Å²) in [5.41, 5.74) is 0. The molecule has 0 fully saturated rings. The topological polar surface area (TPSA) is 78.9 Å². The molecule has 0 N–H and O–H groups in total. The van der Waals surface area contributed by atoms with Crippen LogP contribution in [0.2, 0.25) is 0 Å². The third kappa shape index (κ3) is 62.5. The number of hydrogen-bond donors (Lipinski definition) is 0. The Hall–Kier alpha value is -4.19. The van der Waals surface area contributed by atoms with Gasteiger partial charge in [0, 0.05) is 12.8 Å². The molecule has 1 atom stereocenters. The van der Waals surface area contributed by atoms with Crippen LogP contribution in [0.3, 0.4) is 0 Å².